The van der Waals surface area contributed by atoms with Gasteiger partial charge in [0.2, 0.25) is 0 Å². The first kappa shape index (κ1) is 14.2. The lowest BCUT2D eigenvalue weighted by Crippen LogP contribution is -2.24. The highest BCUT2D eigenvalue weighted by atomic mass is 79.9. The van der Waals surface area contributed by atoms with Crippen LogP contribution in [0.3, 0.4) is 0 Å². The number of fused-ring (bicyclic) bond motifs is 1. The maximum absolute atomic E-state index is 12.2. The van der Waals surface area contributed by atoms with Gasteiger partial charge in [-0.25, -0.2) is 0 Å². The maximum Gasteiger partial charge on any atom is 0.252 e. The molecule has 1 N–H and O–H groups in total. The van der Waals surface area contributed by atoms with Crippen LogP contribution in [-0.4, -0.2) is 20.5 Å². The highest BCUT2D eigenvalue weighted by Crippen LogP contribution is 2.21. The molecular formula is C14H10Br2N4O. The van der Waals surface area contributed by atoms with E-state index in [1.165, 1.54) is 0 Å². The second-order valence-electron chi connectivity index (χ2n) is 4.35. The summed E-state index contributed by atoms with van der Waals surface area (Å²) in [4.78, 5) is 12.2. The van der Waals surface area contributed by atoms with Crippen LogP contribution >= 0.6 is 31.9 Å². The molecule has 0 saturated carbocycles. The molecular weight excluding hydrogens is 400 g/mol. The van der Waals surface area contributed by atoms with Crippen LogP contribution in [0.15, 0.2) is 51.5 Å². The van der Waals surface area contributed by atoms with Gasteiger partial charge in [0, 0.05) is 15.1 Å². The van der Waals surface area contributed by atoms with Gasteiger partial charge in [0.05, 0.1) is 12.1 Å². The average molecular weight is 410 g/mol. The van der Waals surface area contributed by atoms with Crippen LogP contribution in [0, 0.1) is 0 Å². The number of pyridine rings is 1. The van der Waals surface area contributed by atoms with E-state index in [0.717, 1.165) is 14.6 Å². The lowest BCUT2D eigenvalue weighted by Gasteiger charge is -2.06. The lowest BCUT2D eigenvalue weighted by molar-refractivity contribution is 0.0949. The number of amides is 1. The first-order valence-corrected chi connectivity index (χ1v) is 7.75. The number of rotatable bonds is 3. The molecule has 21 heavy (non-hydrogen) atoms. The highest BCUT2D eigenvalue weighted by Gasteiger charge is 2.12. The van der Waals surface area contributed by atoms with Crippen molar-refractivity contribution in [3.05, 3.63) is 62.9 Å². The molecule has 0 aliphatic carbocycles. The fraction of sp³-hybridized carbons (Fsp3) is 0.0714. The van der Waals surface area contributed by atoms with Crippen LogP contribution in [0.4, 0.5) is 0 Å². The smallest absolute Gasteiger partial charge is 0.252 e. The Morgan fingerprint density at radius 1 is 1.19 bits per heavy atom. The van der Waals surface area contributed by atoms with Crippen LogP contribution in [0.25, 0.3) is 5.65 Å². The van der Waals surface area contributed by atoms with Gasteiger partial charge in [0.15, 0.2) is 11.5 Å². The second-order valence-corrected chi connectivity index (χ2v) is 6.12. The van der Waals surface area contributed by atoms with Crippen LogP contribution < -0.4 is 5.32 Å². The lowest BCUT2D eigenvalue weighted by atomic mass is 10.2. The predicted octanol–water partition coefficient (Wildman–Crippen LogP) is 3.18. The third-order valence-corrected chi connectivity index (χ3v) is 4.15. The SMILES string of the molecule is O=C(NCc1nnc2ccccn12)c1cc(Br)ccc1Br. The molecule has 0 spiro atoms. The van der Waals surface area contributed by atoms with Gasteiger partial charge in [-0.05, 0) is 46.3 Å². The van der Waals surface area contributed by atoms with E-state index in [0.29, 0.717) is 17.9 Å². The Bertz CT molecular complexity index is 816. The van der Waals surface area contributed by atoms with E-state index in [1.54, 1.807) is 6.07 Å². The molecule has 2 aromatic heterocycles. The summed E-state index contributed by atoms with van der Waals surface area (Å²) in [5.41, 5.74) is 1.32. The Hall–Kier alpha value is -1.73. The summed E-state index contributed by atoms with van der Waals surface area (Å²) < 4.78 is 3.44. The molecule has 7 heteroatoms. The van der Waals surface area contributed by atoms with Gasteiger partial charge < -0.3 is 5.32 Å². The quantitative estimate of drug-likeness (QED) is 0.722. The third-order valence-electron chi connectivity index (χ3n) is 2.96. The summed E-state index contributed by atoms with van der Waals surface area (Å²) in [6, 6.07) is 11.1. The van der Waals surface area contributed by atoms with Crippen molar-refractivity contribution in [3.63, 3.8) is 0 Å². The number of hydrogen-bond acceptors (Lipinski definition) is 3. The Morgan fingerprint density at radius 2 is 2.05 bits per heavy atom. The molecule has 0 atom stereocenters. The number of nitrogens with zero attached hydrogens (tertiary/aromatic N) is 3. The maximum atomic E-state index is 12.2. The number of hydrogen-bond donors (Lipinski definition) is 1. The van der Waals surface area contributed by atoms with Crippen molar-refractivity contribution in [2.24, 2.45) is 0 Å². The van der Waals surface area contributed by atoms with E-state index < -0.39 is 0 Å². The molecule has 0 aliphatic heterocycles. The largest absolute Gasteiger partial charge is 0.345 e. The zero-order valence-corrected chi connectivity index (χ0v) is 13.9. The Labute approximate surface area is 137 Å². The Balaban J connectivity index is 1.78. The van der Waals surface area contributed by atoms with Crippen molar-refractivity contribution < 1.29 is 4.79 Å². The molecule has 3 aromatic rings. The van der Waals surface area contributed by atoms with Crippen molar-refractivity contribution in [3.8, 4) is 0 Å². The Kier molecular flexibility index (Phi) is 4.03. The predicted molar refractivity (Wildman–Crippen MR) is 86.0 cm³/mol. The number of nitrogens with one attached hydrogen (secondary N) is 1. The number of aromatic nitrogens is 3. The minimum Gasteiger partial charge on any atom is -0.345 e. The first-order chi connectivity index (χ1) is 10.1. The summed E-state index contributed by atoms with van der Waals surface area (Å²) >= 11 is 6.73. The van der Waals surface area contributed by atoms with Crippen molar-refractivity contribution in [1.82, 2.24) is 19.9 Å². The van der Waals surface area contributed by atoms with Crippen molar-refractivity contribution in [1.29, 1.82) is 0 Å². The summed E-state index contributed by atoms with van der Waals surface area (Å²) in [6.07, 6.45) is 1.87. The van der Waals surface area contributed by atoms with E-state index in [2.05, 4.69) is 47.4 Å². The Morgan fingerprint density at radius 3 is 2.90 bits per heavy atom. The zero-order valence-electron chi connectivity index (χ0n) is 10.8. The molecule has 1 aromatic carbocycles. The van der Waals surface area contributed by atoms with Gasteiger partial charge in [0.25, 0.3) is 5.91 Å². The molecule has 0 bridgehead atoms. The fourth-order valence-corrected chi connectivity index (χ4v) is 2.73. The summed E-state index contributed by atoms with van der Waals surface area (Å²) in [5.74, 6) is 0.515. The number of benzene rings is 1. The van der Waals surface area contributed by atoms with Crippen molar-refractivity contribution in [2.45, 2.75) is 6.54 Å². The van der Waals surface area contributed by atoms with Gasteiger partial charge in [0.1, 0.15) is 0 Å². The van der Waals surface area contributed by atoms with Crippen molar-refractivity contribution >= 4 is 43.4 Å². The standard InChI is InChI=1S/C14H10Br2N4O/c15-9-4-5-11(16)10(7-9)14(21)17-8-13-19-18-12-3-1-2-6-20(12)13/h1-7H,8H2,(H,17,21). The monoisotopic (exact) mass is 408 g/mol. The fourth-order valence-electron chi connectivity index (χ4n) is 1.94. The van der Waals surface area contributed by atoms with E-state index in [4.69, 9.17) is 0 Å². The minimum atomic E-state index is -0.171. The van der Waals surface area contributed by atoms with E-state index in [1.807, 2.05) is 40.9 Å². The molecule has 5 nitrogen and oxygen atoms in total. The summed E-state index contributed by atoms with van der Waals surface area (Å²) in [6.45, 7) is 0.308. The minimum absolute atomic E-state index is 0.171. The average Bonchev–Trinajstić information content (AvgIpc) is 2.90. The van der Waals surface area contributed by atoms with E-state index >= 15 is 0 Å². The molecule has 1 amide bonds. The first-order valence-electron chi connectivity index (χ1n) is 6.17. The number of carbonyl (C=O) groups excluding carboxylic acids is 1. The highest BCUT2D eigenvalue weighted by molar-refractivity contribution is 9.11. The third kappa shape index (κ3) is 2.98. The van der Waals surface area contributed by atoms with Crippen LogP contribution in [0.5, 0.6) is 0 Å². The van der Waals surface area contributed by atoms with Crippen LogP contribution in [-0.2, 0) is 6.54 Å². The molecule has 0 aliphatic rings. The summed E-state index contributed by atoms with van der Waals surface area (Å²) in [5, 5.41) is 11.0. The van der Waals surface area contributed by atoms with E-state index in [9.17, 15) is 4.79 Å². The molecule has 0 radical (unpaired) electrons. The van der Waals surface area contributed by atoms with Crippen molar-refractivity contribution in [2.75, 3.05) is 0 Å². The van der Waals surface area contributed by atoms with E-state index in [-0.39, 0.29) is 5.91 Å². The molecule has 0 fully saturated rings. The van der Waals surface area contributed by atoms with Crippen LogP contribution in [0.2, 0.25) is 0 Å². The number of halogens is 2. The normalized spacial score (nSPS) is 10.8. The summed E-state index contributed by atoms with van der Waals surface area (Å²) in [7, 11) is 0. The van der Waals surface area contributed by atoms with Gasteiger partial charge in [-0.1, -0.05) is 22.0 Å². The van der Waals surface area contributed by atoms with Gasteiger partial charge in [-0.3, -0.25) is 9.20 Å². The topological polar surface area (TPSA) is 59.3 Å². The van der Waals surface area contributed by atoms with Crippen LogP contribution in [0.1, 0.15) is 16.2 Å². The number of carbonyl (C=O) groups is 1. The molecule has 0 saturated heterocycles. The van der Waals surface area contributed by atoms with Gasteiger partial charge in [-0.2, -0.15) is 0 Å². The second kappa shape index (κ2) is 5.95. The molecule has 106 valence electrons. The van der Waals surface area contributed by atoms with Gasteiger partial charge >= 0.3 is 0 Å². The zero-order chi connectivity index (χ0) is 14.8. The molecule has 3 rings (SSSR count). The van der Waals surface area contributed by atoms with Gasteiger partial charge in [-0.15, -0.1) is 10.2 Å². The molecule has 0 unspecified atom stereocenters. The molecule has 2 heterocycles.